The average Bonchev–Trinajstić information content (AvgIpc) is 3.05. The molecule has 1 aliphatic heterocycles. The van der Waals surface area contributed by atoms with E-state index >= 15 is 0 Å². The number of ether oxygens (including phenoxy) is 1. The monoisotopic (exact) mass is 385 g/mol. The number of hydrogen-bond donors (Lipinski definition) is 0. The summed E-state index contributed by atoms with van der Waals surface area (Å²) in [5.74, 6) is 0.736. The van der Waals surface area contributed by atoms with Crippen molar-refractivity contribution in [2.75, 3.05) is 13.7 Å². The molecule has 0 bridgehead atoms. The van der Waals surface area contributed by atoms with Crippen LogP contribution in [0.2, 0.25) is 10.0 Å². The van der Waals surface area contributed by atoms with Gasteiger partial charge in [-0.2, -0.15) is 4.31 Å². The first-order chi connectivity index (χ1) is 11.4. The lowest BCUT2D eigenvalue weighted by atomic mass is 10.1. The number of methoxy groups -OCH3 is 1. The summed E-state index contributed by atoms with van der Waals surface area (Å²) in [7, 11) is -2.18. The van der Waals surface area contributed by atoms with Crippen LogP contribution in [0.1, 0.15) is 24.4 Å². The SMILES string of the molecule is COc1ccc([C@H]2CCCN2S(=O)(=O)c2c(Cl)cccc2Cl)cc1. The highest BCUT2D eigenvalue weighted by atomic mass is 35.5. The van der Waals surface area contributed by atoms with E-state index in [1.807, 2.05) is 24.3 Å². The zero-order valence-corrected chi connectivity index (χ0v) is 15.4. The molecule has 1 atom stereocenters. The van der Waals surface area contributed by atoms with Crippen molar-refractivity contribution in [1.29, 1.82) is 0 Å². The first-order valence-corrected chi connectivity index (χ1v) is 9.74. The van der Waals surface area contributed by atoms with Gasteiger partial charge < -0.3 is 4.74 Å². The van der Waals surface area contributed by atoms with Crippen LogP contribution in [0.5, 0.6) is 5.75 Å². The molecule has 0 saturated carbocycles. The van der Waals surface area contributed by atoms with E-state index < -0.39 is 10.0 Å². The second kappa shape index (κ2) is 6.92. The minimum atomic E-state index is -3.77. The number of rotatable bonds is 4. The van der Waals surface area contributed by atoms with Crippen molar-refractivity contribution in [2.45, 2.75) is 23.8 Å². The van der Waals surface area contributed by atoms with Crippen LogP contribution >= 0.6 is 23.2 Å². The molecule has 0 aromatic heterocycles. The molecule has 7 heteroatoms. The summed E-state index contributed by atoms with van der Waals surface area (Å²) in [4.78, 5) is -0.0197. The van der Waals surface area contributed by atoms with Crippen molar-refractivity contribution in [3.8, 4) is 5.75 Å². The zero-order chi connectivity index (χ0) is 17.3. The van der Waals surface area contributed by atoms with Crippen molar-refractivity contribution >= 4 is 33.2 Å². The van der Waals surface area contributed by atoms with Crippen LogP contribution < -0.4 is 4.74 Å². The minimum absolute atomic E-state index is 0.0197. The highest BCUT2D eigenvalue weighted by molar-refractivity contribution is 7.89. The van der Waals surface area contributed by atoms with Gasteiger partial charge in [0.25, 0.3) is 0 Å². The molecule has 4 nitrogen and oxygen atoms in total. The van der Waals surface area contributed by atoms with Gasteiger partial charge in [0, 0.05) is 6.54 Å². The number of benzene rings is 2. The van der Waals surface area contributed by atoms with Gasteiger partial charge in [0.2, 0.25) is 10.0 Å². The molecule has 0 unspecified atom stereocenters. The molecular weight excluding hydrogens is 369 g/mol. The summed E-state index contributed by atoms with van der Waals surface area (Å²) in [6.45, 7) is 0.445. The van der Waals surface area contributed by atoms with Crippen LogP contribution in [0.4, 0.5) is 0 Å². The largest absolute Gasteiger partial charge is 0.497 e. The molecule has 0 aliphatic carbocycles. The first kappa shape index (κ1) is 17.5. The molecule has 3 rings (SSSR count). The number of hydrogen-bond acceptors (Lipinski definition) is 3. The Bertz CT molecular complexity index is 817. The van der Waals surface area contributed by atoms with Gasteiger partial charge in [0.1, 0.15) is 10.6 Å². The van der Waals surface area contributed by atoms with E-state index in [-0.39, 0.29) is 21.0 Å². The third-order valence-electron chi connectivity index (χ3n) is 4.19. The fourth-order valence-electron chi connectivity index (χ4n) is 3.03. The maximum absolute atomic E-state index is 13.1. The fourth-order valence-corrected chi connectivity index (χ4v) is 5.81. The maximum atomic E-state index is 13.1. The molecule has 24 heavy (non-hydrogen) atoms. The smallest absolute Gasteiger partial charge is 0.246 e. The van der Waals surface area contributed by atoms with Crippen molar-refractivity contribution in [1.82, 2.24) is 4.31 Å². The Morgan fingerprint density at radius 3 is 2.29 bits per heavy atom. The Labute approximate surface area is 152 Å². The predicted octanol–water partition coefficient (Wildman–Crippen LogP) is 4.53. The summed E-state index contributed by atoms with van der Waals surface area (Å²) in [5, 5.41) is 0.283. The molecule has 1 aliphatic rings. The van der Waals surface area contributed by atoms with Crippen molar-refractivity contribution in [3.63, 3.8) is 0 Å². The van der Waals surface area contributed by atoms with Crippen LogP contribution in [0.3, 0.4) is 0 Å². The molecule has 0 radical (unpaired) electrons. The van der Waals surface area contributed by atoms with Gasteiger partial charge in [0.05, 0.1) is 23.2 Å². The topological polar surface area (TPSA) is 46.6 Å². The van der Waals surface area contributed by atoms with E-state index in [9.17, 15) is 8.42 Å². The van der Waals surface area contributed by atoms with Crippen molar-refractivity contribution < 1.29 is 13.2 Å². The second-order valence-electron chi connectivity index (χ2n) is 5.60. The van der Waals surface area contributed by atoms with E-state index in [0.29, 0.717) is 6.54 Å². The van der Waals surface area contributed by atoms with Gasteiger partial charge in [-0.05, 0) is 42.7 Å². The first-order valence-electron chi connectivity index (χ1n) is 7.55. The summed E-state index contributed by atoms with van der Waals surface area (Å²) < 4.78 is 32.9. The van der Waals surface area contributed by atoms with Gasteiger partial charge in [-0.1, -0.05) is 41.4 Å². The van der Waals surface area contributed by atoms with E-state index in [1.165, 1.54) is 4.31 Å². The minimum Gasteiger partial charge on any atom is -0.497 e. The Morgan fingerprint density at radius 1 is 1.08 bits per heavy atom. The number of sulfonamides is 1. The van der Waals surface area contributed by atoms with Gasteiger partial charge in [-0.25, -0.2) is 8.42 Å². The number of nitrogens with zero attached hydrogens (tertiary/aromatic N) is 1. The molecule has 128 valence electrons. The highest BCUT2D eigenvalue weighted by Gasteiger charge is 2.38. The van der Waals surface area contributed by atoms with E-state index in [0.717, 1.165) is 24.2 Å². The lowest BCUT2D eigenvalue weighted by Crippen LogP contribution is -2.31. The Morgan fingerprint density at radius 2 is 1.71 bits per heavy atom. The Kier molecular flexibility index (Phi) is 5.06. The Hall–Kier alpha value is -1.27. The summed E-state index contributed by atoms with van der Waals surface area (Å²) in [6.07, 6.45) is 1.55. The van der Waals surface area contributed by atoms with E-state index in [1.54, 1.807) is 25.3 Å². The third-order valence-corrected chi connectivity index (χ3v) is 7.05. The molecule has 1 saturated heterocycles. The lowest BCUT2D eigenvalue weighted by molar-refractivity contribution is 0.394. The summed E-state index contributed by atoms with van der Waals surface area (Å²) in [6, 6.07) is 11.9. The standard InChI is InChI=1S/C17H17Cl2NO3S/c1-23-13-9-7-12(8-10-13)16-6-3-11-20(16)24(21,22)17-14(18)4-2-5-15(17)19/h2,4-5,7-10,16H,3,6,11H2,1H3/t16-/m1/s1. The quantitative estimate of drug-likeness (QED) is 0.776. The van der Waals surface area contributed by atoms with Gasteiger partial charge in [-0.3, -0.25) is 0 Å². The van der Waals surface area contributed by atoms with Gasteiger partial charge >= 0.3 is 0 Å². The fraction of sp³-hybridized carbons (Fsp3) is 0.294. The summed E-state index contributed by atoms with van der Waals surface area (Å²) >= 11 is 12.2. The van der Waals surface area contributed by atoms with Crippen LogP contribution in [-0.2, 0) is 10.0 Å². The second-order valence-corrected chi connectivity index (χ2v) is 8.24. The molecule has 0 amide bonds. The Balaban J connectivity index is 2.00. The maximum Gasteiger partial charge on any atom is 0.246 e. The van der Waals surface area contributed by atoms with Crippen molar-refractivity contribution in [3.05, 3.63) is 58.1 Å². The third kappa shape index (κ3) is 3.14. The molecule has 1 fully saturated rings. The average molecular weight is 386 g/mol. The highest BCUT2D eigenvalue weighted by Crippen LogP contribution is 2.40. The van der Waals surface area contributed by atoms with Crippen LogP contribution in [-0.4, -0.2) is 26.4 Å². The number of halogens is 2. The molecule has 2 aromatic carbocycles. The molecular formula is C17H17Cl2NO3S. The molecule has 0 N–H and O–H groups in total. The van der Waals surface area contributed by atoms with E-state index in [2.05, 4.69) is 0 Å². The van der Waals surface area contributed by atoms with Crippen LogP contribution in [0, 0.1) is 0 Å². The lowest BCUT2D eigenvalue weighted by Gasteiger charge is -2.25. The van der Waals surface area contributed by atoms with Gasteiger partial charge in [0.15, 0.2) is 0 Å². The van der Waals surface area contributed by atoms with E-state index in [4.69, 9.17) is 27.9 Å². The zero-order valence-electron chi connectivity index (χ0n) is 13.1. The van der Waals surface area contributed by atoms with Crippen molar-refractivity contribution in [2.24, 2.45) is 0 Å². The molecule has 1 heterocycles. The predicted molar refractivity (Wildman–Crippen MR) is 95.3 cm³/mol. The molecule has 2 aromatic rings. The summed E-state index contributed by atoms with van der Waals surface area (Å²) in [5.41, 5.74) is 0.931. The van der Waals surface area contributed by atoms with Crippen LogP contribution in [0.15, 0.2) is 47.4 Å². The molecule has 0 spiro atoms. The van der Waals surface area contributed by atoms with Gasteiger partial charge in [-0.15, -0.1) is 0 Å². The van der Waals surface area contributed by atoms with Crippen LogP contribution in [0.25, 0.3) is 0 Å². The normalized spacial score (nSPS) is 18.7.